The third-order valence-corrected chi connectivity index (χ3v) is 3.24. The monoisotopic (exact) mass is 258 g/mol. The molecule has 2 aromatic rings. The quantitative estimate of drug-likeness (QED) is 0.910. The molecular formula is C15H18N2O2. The summed E-state index contributed by atoms with van der Waals surface area (Å²) in [7, 11) is 1.70. The van der Waals surface area contributed by atoms with Crippen molar-refractivity contribution < 1.29 is 9.90 Å². The van der Waals surface area contributed by atoms with Gasteiger partial charge < -0.3 is 14.6 Å². The molecule has 1 atom stereocenters. The van der Waals surface area contributed by atoms with E-state index in [1.165, 1.54) is 0 Å². The normalized spacial score (nSPS) is 12.2. The molecule has 0 aliphatic rings. The van der Waals surface area contributed by atoms with Gasteiger partial charge in [0.25, 0.3) is 5.91 Å². The molecular weight excluding hydrogens is 240 g/mol. The minimum atomic E-state index is -0.192. The van der Waals surface area contributed by atoms with E-state index < -0.39 is 0 Å². The van der Waals surface area contributed by atoms with Crippen molar-refractivity contribution >= 4 is 5.91 Å². The van der Waals surface area contributed by atoms with Crippen LogP contribution in [-0.2, 0) is 0 Å². The molecule has 0 unspecified atom stereocenters. The minimum Gasteiger partial charge on any atom is -0.394 e. The molecule has 0 fully saturated rings. The Labute approximate surface area is 112 Å². The maximum Gasteiger partial charge on any atom is 0.253 e. The lowest BCUT2D eigenvalue weighted by atomic mass is 10.1. The highest BCUT2D eigenvalue weighted by molar-refractivity contribution is 5.94. The van der Waals surface area contributed by atoms with Crippen molar-refractivity contribution in [2.45, 2.75) is 13.0 Å². The zero-order valence-corrected chi connectivity index (χ0v) is 11.2. The molecule has 1 aromatic heterocycles. The first kappa shape index (κ1) is 13.4. The van der Waals surface area contributed by atoms with Crippen LogP contribution in [0.5, 0.6) is 0 Å². The molecule has 0 aliphatic heterocycles. The lowest BCUT2D eigenvalue weighted by Gasteiger charge is -2.23. The Bertz CT molecular complexity index is 549. The first-order chi connectivity index (χ1) is 9.13. The Kier molecular flexibility index (Phi) is 4.02. The third-order valence-electron chi connectivity index (χ3n) is 3.24. The molecule has 0 saturated carbocycles. The summed E-state index contributed by atoms with van der Waals surface area (Å²) < 4.78 is 1.95. The molecule has 4 heteroatoms. The molecule has 19 heavy (non-hydrogen) atoms. The van der Waals surface area contributed by atoms with Gasteiger partial charge in [-0.15, -0.1) is 0 Å². The lowest BCUT2D eigenvalue weighted by molar-refractivity contribution is 0.0682. The van der Waals surface area contributed by atoms with E-state index >= 15 is 0 Å². The van der Waals surface area contributed by atoms with E-state index in [2.05, 4.69) is 0 Å². The average molecular weight is 258 g/mol. The molecule has 0 saturated heterocycles. The van der Waals surface area contributed by atoms with Crippen molar-refractivity contribution in [2.24, 2.45) is 0 Å². The predicted octanol–water partition coefficient (Wildman–Crippen LogP) is 1.93. The van der Waals surface area contributed by atoms with E-state index in [1.807, 2.05) is 54.2 Å². The molecule has 1 heterocycles. The van der Waals surface area contributed by atoms with E-state index in [1.54, 1.807) is 18.0 Å². The average Bonchev–Trinajstić information content (AvgIpc) is 2.99. The van der Waals surface area contributed by atoms with Crippen LogP contribution in [0.4, 0.5) is 0 Å². The second-order valence-electron chi connectivity index (χ2n) is 4.59. The molecule has 2 rings (SSSR count). The molecule has 0 spiro atoms. The summed E-state index contributed by atoms with van der Waals surface area (Å²) in [6, 6.07) is 11.1. The maximum absolute atomic E-state index is 12.3. The van der Waals surface area contributed by atoms with Gasteiger partial charge in [-0.3, -0.25) is 4.79 Å². The number of aliphatic hydroxyl groups excluding tert-OH is 1. The van der Waals surface area contributed by atoms with Crippen LogP contribution in [-0.4, -0.2) is 40.2 Å². The number of amides is 1. The van der Waals surface area contributed by atoms with Crippen LogP contribution < -0.4 is 0 Å². The van der Waals surface area contributed by atoms with Crippen LogP contribution in [0.25, 0.3) is 5.69 Å². The van der Waals surface area contributed by atoms with E-state index in [9.17, 15) is 4.79 Å². The van der Waals surface area contributed by atoms with E-state index in [0.29, 0.717) is 5.56 Å². The Balaban J connectivity index is 2.26. The number of carbonyl (C=O) groups excluding carboxylic acids is 1. The first-order valence-electron chi connectivity index (χ1n) is 6.25. The molecule has 4 nitrogen and oxygen atoms in total. The van der Waals surface area contributed by atoms with Crippen molar-refractivity contribution in [3.05, 3.63) is 54.4 Å². The van der Waals surface area contributed by atoms with Crippen molar-refractivity contribution in [2.75, 3.05) is 13.7 Å². The smallest absolute Gasteiger partial charge is 0.253 e. The van der Waals surface area contributed by atoms with Gasteiger partial charge in [0.05, 0.1) is 12.6 Å². The number of aliphatic hydroxyl groups is 1. The van der Waals surface area contributed by atoms with Gasteiger partial charge in [0, 0.05) is 30.7 Å². The van der Waals surface area contributed by atoms with Crippen LogP contribution in [0.15, 0.2) is 48.8 Å². The maximum atomic E-state index is 12.3. The summed E-state index contributed by atoms with van der Waals surface area (Å²) >= 11 is 0. The summed E-state index contributed by atoms with van der Waals surface area (Å²) in [4.78, 5) is 13.8. The van der Waals surface area contributed by atoms with Gasteiger partial charge >= 0.3 is 0 Å². The van der Waals surface area contributed by atoms with E-state index in [4.69, 9.17) is 5.11 Å². The number of aromatic nitrogens is 1. The number of benzene rings is 1. The molecule has 0 aliphatic carbocycles. The Hall–Kier alpha value is -2.07. The van der Waals surface area contributed by atoms with Gasteiger partial charge in [0.2, 0.25) is 0 Å². The second-order valence-corrected chi connectivity index (χ2v) is 4.59. The zero-order valence-electron chi connectivity index (χ0n) is 11.2. The summed E-state index contributed by atoms with van der Waals surface area (Å²) in [5, 5.41) is 9.11. The highest BCUT2D eigenvalue weighted by Crippen LogP contribution is 2.13. The van der Waals surface area contributed by atoms with Gasteiger partial charge in [0.1, 0.15) is 0 Å². The van der Waals surface area contributed by atoms with Crippen LogP contribution in [0.2, 0.25) is 0 Å². The minimum absolute atomic E-state index is 0.0421. The highest BCUT2D eigenvalue weighted by Gasteiger charge is 2.16. The number of hydrogen-bond donors (Lipinski definition) is 1. The number of hydrogen-bond acceptors (Lipinski definition) is 2. The lowest BCUT2D eigenvalue weighted by Crippen LogP contribution is -2.37. The molecule has 100 valence electrons. The van der Waals surface area contributed by atoms with Gasteiger partial charge in [-0.05, 0) is 37.3 Å². The molecule has 1 aromatic carbocycles. The topological polar surface area (TPSA) is 45.5 Å². The second kappa shape index (κ2) is 5.71. The fourth-order valence-corrected chi connectivity index (χ4v) is 1.83. The van der Waals surface area contributed by atoms with Crippen LogP contribution in [0, 0.1) is 0 Å². The summed E-state index contributed by atoms with van der Waals surface area (Å²) in [5.41, 5.74) is 1.56. The van der Waals surface area contributed by atoms with Crippen LogP contribution >= 0.6 is 0 Å². The third kappa shape index (κ3) is 2.85. The summed E-state index contributed by atoms with van der Waals surface area (Å²) in [5.74, 6) is -0.0874. The van der Waals surface area contributed by atoms with Crippen molar-refractivity contribution in [3.63, 3.8) is 0 Å². The number of likely N-dealkylation sites (N-methyl/N-ethyl adjacent to an activating group) is 1. The van der Waals surface area contributed by atoms with Gasteiger partial charge in [0.15, 0.2) is 0 Å². The van der Waals surface area contributed by atoms with Gasteiger partial charge in [-0.25, -0.2) is 0 Å². The Morgan fingerprint density at radius 3 is 2.63 bits per heavy atom. The van der Waals surface area contributed by atoms with E-state index in [-0.39, 0.29) is 18.6 Å². The van der Waals surface area contributed by atoms with Gasteiger partial charge in [-0.2, -0.15) is 0 Å². The summed E-state index contributed by atoms with van der Waals surface area (Å²) in [6.07, 6.45) is 3.87. The highest BCUT2D eigenvalue weighted by atomic mass is 16.3. The molecule has 1 amide bonds. The first-order valence-corrected chi connectivity index (χ1v) is 6.25. The molecule has 1 N–H and O–H groups in total. The van der Waals surface area contributed by atoms with Crippen molar-refractivity contribution in [3.8, 4) is 5.69 Å². The number of carbonyl (C=O) groups is 1. The standard InChI is InChI=1S/C15H18N2O2/c1-12(11-18)16(2)15(19)13-6-5-7-14(10-13)17-8-3-4-9-17/h3-10,12,18H,11H2,1-2H3/t12-/m0/s1. The fraction of sp³-hybridized carbons (Fsp3) is 0.267. The van der Waals surface area contributed by atoms with Gasteiger partial charge in [-0.1, -0.05) is 6.07 Å². The zero-order chi connectivity index (χ0) is 13.8. The fourth-order valence-electron chi connectivity index (χ4n) is 1.83. The Morgan fingerprint density at radius 1 is 1.32 bits per heavy atom. The molecule has 0 bridgehead atoms. The predicted molar refractivity (Wildman–Crippen MR) is 74.4 cm³/mol. The van der Waals surface area contributed by atoms with Crippen molar-refractivity contribution in [1.29, 1.82) is 0 Å². The SMILES string of the molecule is C[C@@H](CO)N(C)C(=O)c1cccc(-n2cccc2)c1. The molecule has 0 radical (unpaired) electrons. The van der Waals surface area contributed by atoms with Crippen molar-refractivity contribution in [1.82, 2.24) is 9.47 Å². The summed E-state index contributed by atoms with van der Waals surface area (Å²) in [6.45, 7) is 1.77. The number of rotatable bonds is 4. The van der Waals surface area contributed by atoms with E-state index in [0.717, 1.165) is 5.69 Å². The van der Waals surface area contributed by atoms with Crippen LogP contribution in [0.3, 0.4) is 0 Å². The largest absolute Gasteiger partial charge is 0.394 e. The van der Waals surface area contributed by atoms with Crippen LogP contribution in [0.1, 0.15) is 17.3 Å². The number of nitrogens with zero attached hydrogens (tertiary/aromatic N) is 2. The Morgan fingerprint density at radius 2 is 2.00 bits per heavy atom.